The van der Waals surface area contributed by atoms with Crippen LogP contribution in [0.5, 0.6) is 0 Å². The van der Waals surface area contributed by atoms with E-state index in [2.05, 4.69) is 41.9 Å². The van der Waals surface area contributed by atoms with Crippen molar-refractivity contribution >= 4 is 71.1 Å². The van der Waals surface area contributed by atoms with E-state index >= 15 is 0 Å². The number of carbonyl (C=O) groups excluding carboxylic acids is 8. The number of nitrogens with one attached hydrogen (secondary N) is 6. The highest BCUT2D eigenvalue weighted by molar-refractivity contribution is 5.98. The topological polar surface area (TPSA) is 467 Å². The molecular weight excluding hydrogens is 895 g/mol. The predicted octanol–water partition coefficient (Wildman–Crippen LogP) is -5.71. The molecule has 0 radical (unpaired) electrons. The average Bonchev–Trinajstić information content (AvgIpc) is 3.77. The SMILES string of the molecule is CC(C)[C@H](N)C(=O)N[C@@H](CC(N)=O)C(=O)N[C@@H](CCCN=C(N)N)C(=O)NCC(=O)N[C@@H](CCCN=C(N)N)C(=O)N[C@@H](Cc1ccccc1)C(=O)N[C@@H](CC(=O)O)C(=O)N1CCC[C@H]1C(=O)O. The monoisotopic (exact) mass is 959 g/mol. The summed E-state index contributed by atoms with van der Waals surface area (Å²) < 4.78 is 0. The number of hydrogen-bond donors (Lipinski definition) is 14. The molecule has 1 aliphatic heterocycles. The zero-order valence-electron chi connectivity index (χ0n) is 38.0. The van der Waals surface area contributed by atoms with Gasteiger partial charge in [0.15, 0.2) is 11.9 Å². The van der Waals surface area contributed by atoms with Crippen LogP contribution in [-0.2, 0) is 54.4 Å². The van der Waals surface area contributed by atoms with Crippen molar-refractivity contribution in [1.29, 1.82) is 0 Å². The van der Waals surface area contributed by atoms with Crippen LogP contribution in [-0.4, -0.2) is 155 Å². The molecule has 376 valence electrons. The van der Waals surface area contributed by atoms with E-state index in [0.717, 1.165) is 4.90 Å². The van der Waals surface area contributed by atoms with E-state index in [4.69, 9.17) is 34.4 Å². The van der Waals surface area contributed by atoms with Crippen molar-refractivity contribution in [1.82, 2.24) is 36.8 Å². The van der Waals surface area contributed by atoms with Crippen LogP contribution in [0.15, 0.2) is 40.3 Å². The van der Waals surface area contributed by atoms with Crippen molar-refractivity contribution < 1.29 is 58.2 Å². The fourth-order valence-corrected chi connectivity index (χ4v) is 6.80. The summed E-state index contributed by atoms with van der Waals surface area (Å²) in [7, 11) is 0. The van der Waals surface area contributed by atoms with Gasteiger partial charge in [-0.05, 0) is 50.0 Å². The van der Waals surface area contributed by atoms with E-state index < -0.39 is 121 Å². The van der Waals surface area contributed by atoms with Crippen LogP contribution in [0.25, 0.3) is 0 Å². The number of guanidine groups is 2. The number of carbonyl (C=O) groups is 10. The fraction of sp³-hybridized carbons (Fsp3) is 0.561. The number of benzene rings is 1. The van der Waals surface area contributed by atoms with Crippen LogP contribution >= 0.6 is 0 Å². The highest BCUT2D eigenvalue weighted by Gasteiger charge is 2.39. The van der Waals surface area contributed by atoms with Crippen molar-refractivity contribution in [2.45, 2.75) is 114 Å². The lowest BCUT2D eigenvalue weighted by Crippen LogP contribution is -2.59. The van der Waals surface area contributed by atoms with Gasteiger partial charge in [-0.3, -0.25) is 53.1 Å². The minimum Gasteiger partial charge on any atom is -0.481 e. The summed E-state index contributed by atoms with van der Waals surface area (Å²) in [4.78, 5) is 139. The fourth-order valence-electron chi connectivity index (χ4n) is 6.80. The summed E-state index contributed by atoms with van der Waals surface area (Å²) in [6, 6.07) is -1.58. The Morgan fingerprint density at radius 1 is 0.676 bits per heavy atom. The third-order valence-electron chi connectivity index (χ3n) is 10.4. The first-order valence-corrected chi connectivity index (χ1v) is 21.7. The van der Waals surface area contributed by atoms with Crippen LogP contribution in [0.2, 0.25) is 0 Å². The molecule has 20 N–H and O–H groups in total. The third-order valence-corrected chi connectivity index (χ3v) is 10.4. The number of hydrogen-bond acceptors (Lipinski definition) is 13. The van der Waals surface area contributed by atoms with Crippen LogP contribution in [0, 0.1) is 5.92 Å². The number of nitrogens with zero attached hydrogens (tertiary/aromatic N) is 3. The van der Waals surface area contributed by atoms with Gasteiger partial charge in [0.05, 0.1) is 25.4 Å². The second-order valence-corrected chi connectivity index (χ2v) is 16.2. The Kier molecular flexibility index (Phi) is 23.7. The van der Waals surface area contributed by atoms with Gasteiger partial charge in [-0.15, -0.1) is 0 Å². The molecule has 68 heavy (non-hydrogen) atoms. The first-order chi connectivity index (χ1) is 32.0. The number of carboxylic acid groups (broad SMARTS) is 2. The first kappa shape index (κ1) is 56.5. The molecule has 1 aromatic carbocycles. The van der Waals surface area contributed by atoms with Gasteiger partial charge in [0.25, 0.3) is 0 Å². The molecule has 0 unspecified atom stereocenters. The Hall–Kier alpha value is -7.58. The summed E-state index contributed by atoms with van der Waals surface area (Å²) in [6.07, 6.45) is -1.33. The van der Waals surface area contributed by atoms with Crippen molar-refractivity contribution in [3.63, 3.8) is 0 Å². The van der Waals surface area contributed by atoms with E-state index in [9.17, 15) is 58.2 Å². The van der Waals surface area contributed by atoms with Crippen molar-refractivity contribution in [3.05, 3.63) is 35.9 Å². The number of carboxylic acids is 2. The van der Waals surface area contributed by atoms with E-state index in [-0.39, 0.29) is 76.0 Å². The molecule has 1 fully saturated rings. The maximum absolute atomic E-state index is 14.0. The maximum atomic E-state index is 14.0. The molecule has 0 saturated carbocycles. The van der Waals surface area contributed by atoms with Crippen molar-refractivity contribution in [2.75, 3.05) is 26.2 Å². The Bertz CT molecular complexity index is 2010. The number of primary amides is 1. The second kappa shape index (κ2) is 28.5. The van der Waals surface area contributed by atoms with Crippen molar-refractivity contribution in [2.24, 2.45) is 50.3 Å². The van der Waals surface area contributed by atoms with Gasteiger partial charge in [0.2, 0.25) is 47.3 Å². The van der Waals surface area contributed by atoms with Gasteiger partial charge in [-0.1, -0.05) is 44.2 Å². The summed E-state index contributed by atoms with van der Waals surface area (Å²) >= 11 is 0. The standard InChI is InChI=1S/C41H65N15O12/c1-21(2)32(43)37(65)54-26(18-29(42)57)36(64)52-23(11-6-14-48-40(44)45)33(61)50-20-30(58)51-24(12-7-15-49-41(46)47)34(62)53-25(17-22-9-4-3-5-10-22)35(63)55-27(19-31(59)60)38(66)56-16-8-13-28(56)39(67)68/h3-5,9-10,21,23-28,32H,6-8,11-20,43H2,1-2H3,(H2,42,57)(H,50,61)(H,51,58)(H,52,64)(H,53,62)(H,54,65)(H,55,63)(H,59,60)(H,67,68)(H4,44,45,48)(H4,46,47,49)/t23-,24-,25-,26-,27-,28-,32-/m0/s1. The van der Waals surface area contributed by atoms with Crippen LogP contribution in [0.3, 0.4) is 0 Å². The lowest BCUT2D eigenvalue weighted by Gasteiger charge is -2.28. The van der Waals surface area contributed by atoms with E-state index in [0.29, 0.717) is 12.0 Å². The molecule has 1 aliphatic rings. The van der Waals surface area contributed by atoms with E-state index in [1.54, 1.807) is 44.2 Å². The minimum atomic E-state index is -1.72. The highest BCUT2D eigenvalue weighted by atomic mass is 16.4. The normalized spacial score (nSPS) is 15.7. The maximum Gasteiger partial charge on any atom is 0.326 e. The van der Waals surface area contributed by atoms with Gasteiger partial charge >= 0.3 is 11.9 Å². The first-order valence-electron chi connectivity index (χ1n) is 21.7. The van der Waals surface area contributed by atoms with Gasteiger partial charge in [-0.2, -0.15) is 0 Å². The van der Waals surface area contributed by atoms with Gasteiger partial charge < -0.3 is 81.4 Å². The number of nitrogens with two attached hydrogens (primary N) is 6. The van der Waals surface area contributed by atoms with Gasteiger partial charge in [0.1, 0.15) is 36.3 Å². The summed E-state index contributed by atoms with van der Waals surface area (Å²) in [6.45, 7) is 2.57. The number of likely N-dealkylation sites (tertiary alicyclic amines) is 1. The summed E-state index contributed by atoms with van der Waals surface area (Å²) in [5.41, 5.74) is 33.4. The average molecular weight is 960 g/mol. The molecule has 1 heterocycles. The lowest BCUT2D eigenvalue weighted by atomic mass is 10.0. The van der Waals surface area contributed by atoms with Gasteiger partial charge in [0, 0.05) is 26.1 Å². The Morgan fingerprint density at radius 2 is 1.19 bits per heavy atom. The molecule has 0 bridgehead atoms. The number of rotatable bonds is 29. The number of aliphatic carboxylic acids is 2. The Morgan fingerprint density at radius 3 is 1.72 bits per heavy atom. The molecule has 27 heteroatoms. The molecule has 1 aromatic rings. The van der Waals surface area contributed by atoms with Crippen LogP contribution in [0.4, 0.5) is 0 Å². The smallest absolute Gasteiger partial charge is 0.326 e. The zero-order valence-corrected chi connectivity index (χ0v) is 38.0. The third kappa shape index (κ3) is 20.3. The van der Waals surface area contributed by atoms with E-state index in [1.807, 2.05) is 0 Å². The molecule has 1 saturated heterocycles. The highest BCUT2D eigenvalue weighted by Crippen LogP contribution is 2.19. The van der Waals surface area contributed by atoms with Crippen molar-refractivity contribution in [3.8, 4) is 0 Å². The number of aliphatic imine (C=N–C) groups is 2. The summed E-state index contributed by atoms with van der Waals surface area (Å²) in [5, 5.41) is 33.9. The van der Waals surface area contributed by atoms with Crippen LogP contribution in [0.1, 0.15) is 70.8 Å². The Balaban J connectivity index is 2.37. The lowest BCUT2D eigenvalue weighted by molar-refractivity contribution is -0.150. The summed E-state index contributed by atoms with van der Waals surface area (Å²) in [5.74, 6) is -11.0. The molecule has 8 amide bonds. The molecule has 27 nitrogen and oxygen atoms in total. The number of amides is 8. The molecule has 7 atom stereocenters. The molecule has 2 rings (SSSR count). The minimum absolute atomic E-state index is 0.00129. The zero-order chi connectivity index (χ0) is 51.1. The largest absolute Gasteiger partial charge is 0.481 e. The molecule has 0 spiro atoms. The molecular formula is C41H65N15O12. The Labute approximate surface area is 391 Å². The quantitative estimate of drug-likeness (QED) is 0.0202. The van der Waals surface area contributed by atoms with E-state index in [1.165, 1.54) is 0 Å². The molecule has 0 aromatic heterocycles. The predicted molar refractivity (Wildman–Crippen MR) is 244 cm³/mol. The van der Waals surface area contributed by atoms with Gasteiger partial charge in [-0.25, -0.2) is 4.79 Å². The molecule has 0 aliphatic carbocycles. The van der Waals surface area contributed by atoms with Crippen LogP contribution < -0.4 is 66.3 Å². The second-order valence-electron chi connectivity index (χ2n) is 16.2.